The van der Waals surface area contributed by atoms with Crippen LogP contribution in [0.4, 0.5) is 4.39 Å². The molecule has 1 amide bonds. The van der Waals surface area contributed by atoms with Crippen LogP contribution in [0.15, 0.2) is 46.2 Å². The number of furan rings is 1. The van der Waals surface area contributed by atoms with Crippen molar-refractivity contribution in [2.45, 2.75) is 37.2 Å². The van der Waals surface area contributed by atoms with Crippen molar-refractivity contribution in [3.63, 3.8) is 0 Å². The van der Waals surface area contributed by atoms with Crippen molar-refractivity contribution in [3.8, 4) is 11.4 Å². The smallest absolute Gasteiger partial charge is 0.233 e. The highest BCUT2D eigenvalue weighted by atomic mass is 32.2. The summed E-state index contributed by atoms with van der Waals surface area (Å²) in [6.45, 7) is 5.54. The summed E-state index contributed by atoms with van der Waals surface area (Å²) < 4.78 is 20.2. The predicted octanol–water partition coefficient (Wildman–Crippen LogP) is 3.88. The Kier molecular flexibility index (Phi) is 5.65. The van der Waals surface area contributed by atoms with Crippen molar-refractivity contribution >= 4 is 17.7 Å². The van der Waals surface area contributed by atoms with E-state index in [9.17, 15) is 9.18 Å². The standard InChI is InChI=1S/C19H21FN4O2S/c1-11(14-5-7-15(20)8-6-14)21-18(25)13(3)27-19-23-22-17(24(19)4)16-9-10-26-12(16)2/h5-11,13H,1-4H3,(H,21,25)/t11-,13-/m0/s1. The minimum absolute atomic E-state index is 0.124. The van der Waals surface area contributed by atoms with Gasteiger partial charge >= 0.3 is 0 Å². The summed E-state index contributed by atoms with van der Waals surface area (Å²) in [5.74, 6) is 1.03. The third kappa shape index (κ3) is 4.21. The van der Waals surface area contributed by atoms with E-state index in [1.54, 1.807) is 18.4 Å². The lowest BCUT2D eigenvalue weighted by molar-refractivity contribution is -0.120. The van der Waals surface area contributed by atoms with Gasteiger partial charge in [0.15, 0.2) is 11.0 Å². The number of hydrogen-bond donors (Lipinski definition) is 1. The molecular formula is C19H21FN4O2S. The Bertz CT molecular complexity index is 936. The molecule has 0 saturated carbocycles. The number of halogens is 1. The summed E-state index contributed by atoms with van der Waals surface area (Å²) in [5.41, 5.74) is 1.72. The van der Waals surface area contributed by atoms with Gasteiger partial charge in [-0.2, -0.15) is 0 Å². The van der Waals surface area contributed by atoms with Gasteiger partial charge in [-0.1, -0.05) is 23.9 Å². The Morgan fingerprint density at radius 3 is 2.56 bits per heavy atom. The van der Waals surface area contributed by atoms with Gasteiger partial charge in [-0.25, -0.2) is 4.39 Å². The van der Waals surface area contributed by atoms with Crippen molar-refractivity contribution in [3.05, 3.63) is 53.7 Å². The Balaban J connectivity index is 1.65. The molecule has 142 valence electrons. The lowest BCUT2D eigenvalue weighted by Crippen LogP contribution is -2.33. The number of benzene rings is 1. The van der Waals surface area contributed by atoms with Crippen LogP contribution in [0, 0.1) is 12.7 Å². The molecule has 0 saturated heterocycles. The number of carbonyl (C=O) groups excluding carboxylic acids is 1. The van der Waals surface area contributed by atoms with Gasteiger partial charge in [0.1, 0.15) is 11.6 Å². The first-order valence-electron chi connectivity index (χ1n) is 8.53. The molecule has 0 bridgehead atoms. The van der Waals surface area contributed by atoms with Gasteiger partial charge in [-0.05, 0) is 44.5 Å². The number of nitrogens with one attached hydrogen (secondary N) is 1. The summed E-state index contributed by atoms with van der Waals surface area (Å²) >= 11 is 1.33. The molecule has 0 aliphatic carbocycles. The van der Waals surface area contributed by atoms with Gasteiger partial charge in [0, 0.05) is 7.05 Å². The van der Waals surface area contributed by atoms with Crippen LogP contribution < -0.4 is 5.32 Å². The van der Waals surface area contributed by atoms with Crippen LogP contribution in [0.1, 0.15) is 31.2 Å². The summed E-state index contributed by atoms with van der Waals surface area (Å²) in [6.07, 6.45) is 1.61. The molecule has 0 spiro atoms. The van der Waals surface area contributed by atoms with Crippen LogP contribution in [0.2, 0.25) is 0 Å². The fourth-order valence-corrected chi connectivity index (χ4v) is 3.47. The third-order valence-corrected chi connectivity index (χ3v) is 5.45. The average molecular weight is 388 g/mol. The van der Waals surface area contributed by atoms with Gasteiger partial charge in [-0.15, -0.1) is 10.2 Å². The van der Waals surface area contributed by atoms with Crippen LogP contribution in [-0.2, 0) is 11.8 Å². The van der Waals surface area contributed by atoms with E-state index < -0.39 is 0 Å². The van der Waals surface area contributed by atoms with Gasteiger partial charge in [0.2, 0.25) is 5.91 Å². The molecule has 0 unspecified atom stereocenters. The van der Waals surface area contributed by atoms with Crippen molar-refractivity contribution in [1.82, 2.24) is 20.1 Å². The number of nitrogens with zero attached hydrogens (tertiary/aromatic N) is 3. The molecule has 0 fully saturated rings. The van der Waals surface area contributed by atoms with Gasteiger partial charge < -0.3 is 14.3 Å². The Morgan fingerprint density at radius 1 is 1.22 bits per heavy atom. The zero-order chi connectivity index (χ0) is 19.6. The van der Waals surface area contributed by atoms with Crippen molar-refractivity contribution in [2.75, 3.05) is 0 Å². The first-order valence-corrected chi connectivity index (χ1v) is 9.41. The highest BCUT2D eigenvalue weighted by molar-refractivity contribution is 8.00. The fourth-order valence-electron chi connectivity index (χ4n) is 2.65. The second-order valence-corrected chi connectivity index (χ2v) is 7.61. The molecular weight excluding hydrogens is 367 g/mol. The van der Waals surface area contributed by atoms with Crippen molar-refractivity contribution in [2.24, 2.45) is 7.05 Å². The summed E-state index contributed by atoms with van der Waals surface area (Å²) in [7, 11) is 1.86. The number of rotatable bonds is 6. The molecule has 2 atom stereocenters. The summed E-state index contributed by atoms with van der Waals surface area (Å²) in [5, 5.41) is 11.6. The van der Waals surface area contributed by atoms with Crippen LogP contribution in [0.25, 0.3) is 11.4 Å². The summed E-state index contributed by atoms with van der Waals surface area (Å²) in [6, 6.07) is 7.73. The predicted molar refractivity (Wildman–Crippen MR) is 102 cm³/mol. The largest absolute Gasteiger partial charge is 0.469 e. The van der Waals surface area contributed by atoms with Gasteiger partial charge in [-0.3, -0.25) is 4.79 Å². The monoisotopic (exact) mass is 388 g/mol. The number of aromatic nitrogens is 3. The highest BCUT2D eigenvalue weighted by Crippen LogP contribution is 2.28. The van der Waals surface area contributed by atoms with E-state index in [4.69, 9.17) is 4.42 Å². The van der Waals surface area contributed by atoms with E-state index in [2.05, 4.69) is 15.5 Å². The van der Waals surface area contributed by atoms with Crippen LogP contribution in [0.5, 0.6) is 0 Å². The number of aryl methyl sites for hydroxylation is 1. The Morgan fingerprint density at radius 2 is 1.93 bits per heavy atom. The topological polar surface area (TPSA) is 72.9 Å². The lowest BCUT2D eigenvalue weighted by atomic mass is 10.1. The van der Waals surface area contributed by atoms with Crippen LogP contribution >= 0.6 is 11.8 Å². The first kappa shape index (κ1) is 19.2. The molecule has 0 radical (unpaired) electrons. The van der Waals surface area contributed by atoms with E-state index >= 15 is 0 Å². The van der Waals surface area contributed by atoms with Crippen molar-refractivity contribution < 1.29 is 13.6 Å². The molecule has 3 rings (SSSR count). The molecule has 8 heteroatoms. The second kappa shape index (κ2) is 7.96. The normalized spacial score (nSPS) is 13.4. The zero-order valence-electron chi connectivity index (χ0n) is 15.6. The summed E-state index contributed by atoms with van der Waals surface area (Å²) in [4.78, 5) is 12.5. The van der Waals surface area contributed by atoms with Gasteiger partial charge in [0.05, 0.1) is 23.1 Å². The molecule has 3 aromatic rings. The Hall–Kier alpha value is -2.61. The maximum Gasteiger partial charge on any atom is 0.233 e. The number of amides is 1. The molecule has 1 N–H and O–H groups in total. The highest BCUT2D eigenvalue weighted by Gasteiger charge is 2.22. The number of hydrogen-bond acceptors (Lipinski definition) is 5. The minimum atomic E-state index is -0.367. The molecule has 27 heavy (non-hydrogen) atoms. The Labute approximate surface area is 161 Å². The van der Waals surface area contributed by atoms with E-state index in [1.165, 1.54) is 23.9 Å². The van der Waals surface area contributed by atoms with Gasteiger partial charge in [0.25, 0.3) is 0 Å². The molecule has 1 aromatic carbocycles. The SMILES string of the molecule is Cc1occc1-c1nnc(S[C@@H](C)C(=O)N[C@@H](C)c2ccc(F)cc2)n1C. The first-order chi connectivity index (χ1) is 12.9. The maximum atomic E-state index is 13.0. The van der Waals surface area contributed by atoms with Crippen molar-refractivity contribution in [1.29, 1.82) is 0 Å². The number of thioether (sulfide) groups is 1. The van der Waals surface area contributed by atoms with E-state index in [0.717, 1.165) is 16.9 Å². The second-order valence-electron chi connectivity index (χ2n) is 6.30. The van der Waals surface area contributed by atoms with E-state index in [1.807, 2.05) is 38.5 Å². The molecule has 2 aromatic heterocycles. The fraction of sp³-hybridized carbons (Fsp3) is 0.316. The molecule has 2 heterocycles. The third-order valence-electron chi connectivity index (χ3n) is 4.31. The molecule has 0 aliphatic rings. The number of carbonyl (C=O) groups is 1. The zero-order valence-corrected chi connectivity index (χ0v) is 16.4. The maximum absolute atomic E-state index is 13.0. The molecule has 6 nitrogen and oxygen atoms in total. The average Bonchev–Trinajstić information content (AvgIpc) is 3.21. The van der Waals surface area contributed by atoms with E-state index in [-0.39, 0.29) is 23.0 Å². The lowest BCUT2D eigenvalue weighted by Gasteiger charge is -2.17. The quantitative estimate of drug-likeness (QED) is 0.649. The minimum Gasteiger partial charge on any atom is -0.469 e. The van der Waals surface area contributed by atoms with E-state index in [0.29, 0.717) is 11.0 Å². The van der Waals surface area contributed by atoms with Crippen LogP contribution in [-0.4, -0.2) is 25.9 Å². The molecule has 0 aliphatic heterocycles. The van der Waals surface area contributed by atoms with Crippen LogP contribution in [0.3, 0.4) is 0 Å².